The van der Waals surface area contributed by atoms with Gasteiger partial charge >= 0.3 is 5.97 Å². The maximum Gasteiger partial charge on any atom is 0.330 e. The van der Waals surface area contributed by atoms with E-state index in [2.05, 4.69) is 5.32 Å². The number of nitrogens with two attached hydrogens (primary N) is 1. The van der Waals surface area contributed by atoms with Gasteiger partial charge in [-0.15, -0.1) is 0 Å². The summed E-state index contributed by atoms with van der Waals surface area (Å²) in [5, 5.41) is 2.95. The summed E-state index contributed by atoms with van der Waals surface area (Å²) in [6, 6.07) is -0.383. The lowest BCUT2D eigenvalue weighted by atomic mass is 10.0. The molecule has 0 aromatic heterocycles. The molecular formula is C11H20N2O3. The van der Waals surface area contributed by atoms with Crippen molar-refractivity contribution >= 4 is 11.9 Å². The Kier molecular flexibility index (Phi) is 7.20. The Morgan fingerprint density at radius 2 is 2.06 bits per heavy atom. The van der Waals surface area contributed by atoms with Gasteiger partial charge in [0, 0.05) is 12.6 Å². The van der Waals surface area contributed by atoms with Crippen molar-refractivity contribution < 1.29 is 14.3 Å². The van der Waals surface area contributed by atoms with E-state index in [0.717, 1.165) is 0 Å². The number of ether oxygens (including phenoxy) is 1. The van der Waals surface area contributed by atoms with Crippen molar-refractivity contribution in [1.29, 1.82) is 0 Å². The van der Waals surface area contributed by atoms with Gasteiger partial charge in [-0.3, -0.25) is 4.79 Å². The molecule has 5 nitrogen and oxygen atoms in total. The normalized spacial score (nSPS) is 13.0. The van der Waals surface area contributed by atoms with Crippen molar-refractivity contribution in [3.63, 3.8) is 0 Å². The van der Waals surface area contributed by atoms with E-state index >= 15 is 0 Å². The van der Waals surface area contributed by atoms with E-state index in [1.807, 2.05) is 13.8 Å². The van der Waals surface area contributed by atoms with Crippen LogP contribution in [0.4, 0.5) is 0 Å². The summed E-state index contributed by atoms with van der Waals surface area (Å²) >= 11 is 0. The van der Waals surface area contributed by atoms with E-state index in [9.17, 15) is 9.59 Å². The Hall–Kier alpha value is -1.36. The van der Waals surface area contributed by atoms with E-state index in [0.29, 0.717) is 13.2 Å². The van der Waals surface area contributed by atoms with Crippen LogP contribution in [0.15, 0.2) is 12.2 Å². The summed E-state index contributed by atoms with van der Waals surface area (Å²) < 4.78 is 4.70. The van der Waals surface area contributed by atoms with Crippen LogP contribution in [0.2, 0.25) is 0 Å². The minimum absolute atomic E-state index is 0.119. The zero-order valence-electron chi connectivity index (χ0n) is 10.0. The summed E-state index contributed by atoms with van der Waals surface area (Å²) in [5.41, 5.74) is 5.21. The second-order valence-corrected chi connectivity index (χ2v) is 3.69. The summed E-state index contributed by atoms with van der Waals surface area (Å²) in [4.78, 5) is 21.9. The fraction of sp³-hybridized carbons (Fsp3) is 0.636. The van der Waals surface area contributed by atoms with Gasteiger partial charge in [0.05, 0.1) is 12.6 Å². The van der Waals surface area contributed by atoms with Gasteiger partial charge in [0.2, 0.25) is 5.91 Å². The maximum absolute atomic E-state index is 11.0. The molecule has 0 spiro atoms. The highest BCUT2D eigenvalue weighted by molar-refractivity contribution is 5.82. The van der Waals surface area contributed by atoms with Gasteiger partial charge in [-0.2, -0.15) is 0 Å². The van der Waals surface area contributed by atoms with Crippen molar-refractivity contribution in [2.24, 2.45) is 11.7 Å². The van der Waals surface area contributed by atoms with Crippen molar-refractivity contribution in [3.05, 3.63) is 12.2 Å². The molecule has 0 rings (SSSR count). The highest BCUT2D eigenvalue weighted by atomic mass is 16.5. The molecule has 0 aliphatic rings. The average molecular weight is 228 g/mol. The first-order valence-corrected chi connectivity index (χ1v) is 5.35. The first kappa shape index (κ1) is 14.6. The molecule has 0 saturated heterocycles. The quantitative estimate of drug-likeness (QED) is 0.482. The number of rotatable bonds is 7. The fourth-order valence-electron chi connectivity index (χ4n) is 1.21. The monoisotopic (exact) mass is 228 g/mol. The van der Waals surface area contributed by atoms with Crippen LogP contribution >= 0.6 is 0 Å². The molecule has 0 aromatic rings. The van der Waals surface area contributed by atoms with Crippen molar-refractivity contribution in [2.45, 2.75) is 26.8 Å². The molecule has 3 N–H and O–H groups in total. The Bertz CT molecular complexity index is 262. The molecule has 1 amide bonds. The van der Waals surface area contributed by atoms with Gasteiger partial charge in [0.25, 0.3) is 0 Å². The molecule has 0 aromatic carbocycles. The van der Waals surface area contributed by atoms with Crippen LogP contribution in [-0.4, -0.2) is 31.1 Å². The largest absolute Gasteiger partial charge is 0.463 e. The number of nitrogens with one attached hydrogen (secondary N) is 1. The maximum atomic E-state index is 11.0. The highest BCUT2D eigenvalue weighted by Gasteiger charge is 2.17. The number of carbonyl (C=O) groups excluding carboxylic acids is 2. The van der Waals surface area contributed by atoms with Crippen LogP contribution in [0.25, 0.3) is 0 Å². The molecule has 1 atom stereocenters. The van der Waals surface area contributed by atoms with Crippen LogP contribution in [0.1, 0.15) is 20.8 Å². The van der Waals surface area contributed by atoms with E-state index in [1.54, 1.807) is 13.0 Å². The van der Waals surface area contributed by atoms with E-state index in [4.69, 9.17) is 10.5 Å². The second kappa shape index (κ2) is 7.87. The topological polar surface area (TPSA) is 81.4 Å². The third-order valence-electron chi connectivity index (χ3n) is 1.97. The first-order valence-electron chi connectivity index (χ1n) is 5.35. The zero-order valence-corrected chi connectivity index (χ0v) is 10.0. The summed E-state index contributed by atoms with van der Waals surface area (Å²) in [5.74, 6) is -0.655. The molecule has 0 aliphatic carbocycles. The lowest BCUT2D eigenvalue weighted by Gasteiger charge is -2.17. The van der Waals surface area contributed by atoms with E-state index < -0.39 is 0 Å². The standard InChI is InChI=1S/C11H20N2O3/c1-4-16-9(14)6-5-7-13-10(8(2)3)11(12)15/h5-6,8,10,13H,4,7H2,1-3H3,(H2,12,15)/b6-5+. The second-order valence-electron chi connectivity index (χ2n) is 3.69. The summed E-state index contributed by atoms with van der Waals surface area (Å²) in [7, 11) is 0. The number of carbonyl (C=O) groups is 2. The molecule has 92 valence electrons. The van der Waals surface area contributed by atoms with Gasteiger partial charge in [0.1, 0.15) is 0 Å². The Morgan fingerprint density at radius 1 is 1.44 bits per heavy atom. The smallest absolute Gasteiger partial charge is 0.330 e. The highest BCUT2D eigenvalue weighted by Crippen LogP contribution is 1.99. The van der Waals surface area contributed by atoms with Crippen molar-refractivity contribution in [2.75, 3.05) is 13.2 Å². The molecule has 0 heterocycles. The van der Waals surface area contributed by atoms with E-state index in [-0.39, 0.29) is 23.8 Å². The first-order chi connectivity index (χ1) is 7.49. The molecule has 0 bridgehead atoms. The van der Waals surface area contributed by atoms with E-state index in [1.165, 1.54) is 6.08 Å². The summed E-state index contributed by atoms with van der Waals surface area (Å²) in [6.45, 7) is 6.30. The van der Waals surface area contributed by atoms with Crippen LogP contribution in [-0.2, 0) is 14.3 Å². The average Bonchev–Trinajstić information content (AvgIpc) is 2.16. The molecule has 1 unspecified atom stereocenters. The number of hydrogen-bond donors (Lipinski definition) is 2. The van der Waals surface area contributed by atoms with Crippen LogP contribution in [0, 0.1) is 5.92 Å². The Morgan fingerprint density at radius 3 is 2.50 bits per heavy atom. The summed E-state index contributed by atoms with van der Waals surface area (Å²) in [6.07, 6.45) is 2.94. The van der Waals surface area contributed by atoms with Crippen LogP contribution in [0.3, 0.4) is 0 Å². The third kappa shape index (κ3) is 6.19. The van der Waals surface area contributed by atoms with Crippen molar-refractivity contribution in [1.82, 2.24) is 5.32 Å². The molecular weight excluding hydrogens is 208 g/mol. The zero-order chi connectivity index (χ0) is 12.6. The predicted octanol–water partition coefficient (Wildman–Crippen LogP) is 0.205. The molecule has 0 radical (unpaired) electrons. The lowest BCUT2D eigenvalue weighted by molar-refractivity contribution is -0.137. The molecule has 16 heavy (non-hydrogen) atoms. The van der Waals surface area contributed by atoms with Crippen LogP contribution < -0.4 is 11.1 Å². The minimum atomic E-state index is -0.389. The van der Waals surface area contributed by atoms with Gasteiger partial charge in [-0.25, -0.2) is 4.79 Å². The molecule has 0 aliphatic heterocycles. The number of amides is 1. The van der Waals surface area contributed by atoms with Gasteiger partial charge in [-0.1, -0.05) is 19.9 Å². The SMILES string of the molecule is CCOC(=O)/C=C/CNC(C(N)=O)C(C)C. The fourth-order valence-corrected chi connectivity index (χ4v) is 1.21. The molecule has 5 heteroatoms. The Balaban J connectivity index is 3.95. The van der Waals surface area contributed by atoms with Gasteiger partial charge in [0.15, 0.2) is 0 Å². The predicted molar refractivity (Wildman–Crippen MR) is 61.6 cm³/mol. The lowest BCUT2D eigenvalue weighted by Crippen LogP contribution is -2.45. The number of primary amides is 1. The van der Waals surface area contributed by atoms with Gasteiger partial charge < -0.3 is 15.8 Å². The minimum Gasteiger partial charge on any atom is -0.463 e. The number of esters is 1. The van der Waals surface area contributed by atoms with Crippen molar-refractivity contribution in [3.8, 4) is 0 Å². The molecule has 0 saturated carbocycles. The Labute approximate surface area is 96.0 Å². The van der Waals surface area contributed by atoms with Crippen LogP contribution in [0.5, 0.6) is 0 Å². The molecule has 0 fully saturated rings. The third-order valence-corrected chi connectivity index (χ3v) is 1.97. The van der Waals surface area contributed by atoms with Gasteiger partial charge in [-0.05, 0) is 12.8 Å². The number of hydrogen-bond acceptors (Lipinski definition) is 4.